The topological polar surface area (TPSA) is 91.0 Å². The molecule has 27 heavy (non-hydrogen) atoms. The second-order valence-corrected chi connectivity index (χ2v) is 5.26. The van der Waals surface area contributed by atoms with E-state index in [2.05, 4.69) is 15.3 Å². The largest absolute Gasteiger partial charge is 0.497 e. The Hall–Kier alpha value is -3.17. The molecule has 10 heteroatoms. The zero-order chi connectivity index (χ0) is 19.9. The van der Waals surface area contributed by atoms with E-state index in [4.69, 9.17) is 19.9 Å². The number of nitrogens with one attached hydrogen (secondary N) is 1. The van der Waals surface area contributed by atoms with Gasteiger partial charge < -0.3 is 25.3 Å². The first-order chi connectivity index (χ1) is 12.8. The Morgan fingerprint density at radius 3 is 2.67 bits per heavy atom. The molecule has 0 aliphatic heterocycles. The summed E-state index contributed by atoms with van der Waals surface area (Å²) < 4.78 is 52.1. The fourth-order valence-corrected chi connectivity index (χ4v) is 2.08. The highest BCUT2D eigenvalue weighted by atomic mass is 19.4. The molecule has 0 atom stereocenters. The molecule has 0 fully saturated rings. The van der Waals surface area contributed by atoms with Crippen LogP contribution in [0, 0.1) is 0 Å². The van der Waals surface area contributed by atoms with E-state index in [1.54, 1.807) is 30.3 Å². The molecule has 7 nitrogen and oxygen atoms in total. The van der Waals surface area contributed by atoms with Crippen molar-refractivity contribution in [1.82, 2.24) is 4.98 Å². The standard InChI is InChI=1S/C17H19F3N4O3/c1-25-12-5-6-14(26-2)13(8-12)24-16(21)23-9-11-4-3-7-22-15(11)27-10-17(18,19)20/h3-8H,9-10H2,1-2H3,(H3,21,23,24). The molecule has 2 rings (SSSR count). The van der Waals surface area contributed by atoms with Crippen LogP contribution < -0.4 is 25.3 Å². The van der Waals surface area contributed by atoms with Gasteiger partial charge in [-0.05, 0) is 18.2 Å². The van der Waals surface area contributed by atoms with Crippen LogP contribution in [0.15, 0.2) is 41.5 Å². The van der Waals surface area contributed by atoms with E-state index in [-0.39, 0.29) is 18.4 Å². The smallest absolute Gasteiger partial charge is 0.422 e. The third-order valence-corrected chi connectivity index (χ3v) is 3.31. The number of nitrogens with zero attached hydrogens (tertiary/aromatic N) is 2. The number of aliphatic imine (C=N–C) groups is 1. The lowest BCUT2D eigenvalue weighted by molar-refractivity contribution is -0.154. The molecular weight excluding hydrogens is 365 g/mol. The number of anilines is 1. The van der Waals surface area contributed by atoms with Crippen LogP contribution in [0.1, 0.15) is 5.56 Å². The van der Waals surface area contributed by atoms with Crippen molar-refractivity contribution in [3.63, 3.8) is 0 Å². The lowest BCUT2D eigenvalue weighted by Crippen LogP contribution is -2.23. The van der Waals surface area contributed by atoms with E-state index in [1.807, 2.05) is 0 Å². The number of ether oxygens (including phenoxy) is 3. The summed E-state index contributed by atoms with van der Waals surface area (Å²) in [5.41, 5.74) is 6.75. The lowest BCUT2D eigenvalue weighted by Gasteiger charge is -2.13. The zero-order valence-electron chi connectivity index (χ0n) is 14.7. The molecule has 0 aliphatic rings. The van der Waals surface area contributed by atoms with Gasteiger partial charge in [-0.2, -0.15) is 13.2 Å². The molecule has 0 radical (unpaired) electrons. The number of benzene rings is 1. The van der Waals surface area contributed by atoms with Gasteiger partial charge in [0.25, 0.3) is 0 Å². The van der Waals surface area contributed by atoms with Crippen LogP contribution in [-0.2, 0) is 6.54 Å². The van der Waals surface area contributed by atoms with Crippen molar-refractivity contribution >= 4 is 11.6 Å². The summed E-state index contributed by atoms with van der Waals surface area (Å²) in [5.74, 6) is 0.989. The molecule has 0 saturated carbocycles. The van der Waals surface area contributed by atoms with Gasteiger partial charge in [0.05, 0.1) is 26.5 Å². The minimum Gasteiger partial charge on any atom is -0.497 e. The number of guanidine groups is 1. The van der Waals surface area contributed by atoms with Crippen molar-refractivity contribution < 1.29 is 27.4 Å². The highest BCUT2D eigenvalue weighted by molar-refractivity contribution is 5.94. The Morgan fingerprint density at radius 2 is 2.00 bits per heavy atom. The second-order valence-electron chi connectivity index (χ2n) is 5.26. The van der Waals surface area contributed by atoms with Crippen molar-refractivity contribution in [3.8, 4) is 17.4 Å². The number of hydrogen-bond donors (Lipinski definition) is 2. The van der Waals surface area contributed by atoms with E-state index in [1.165, 1.54) is 20.4 Å². The first kappa shape index (κ1) is 20.1. The normalized spacial score (nSPS) is 11.8. The third-order valence-electron chi connectivity index (χ3n) is 3.31. The number of hydrogen-bond acceptors (Lipinski definition) is 5. The SMILES string of the molecule is COc1ccc(OC)c(NC(N)=NCc2cccnc2OCC(F)(F)F)c1. The zero-order valence-corrected chi connectivity index (χ0v) is 14.7. The number of halogens is 3. The summed E-state index contributed by atoms with van der Waals surface area (Å²) in [5, 5.41) is 2.86. The maximum atomic E-state index is 12.3. The molecule has 0 spiro atoms. The number of alkyl halides is 3. The first-order valence-corrected chi connectivity index (χ1v) is 7.75. The molecule has 0 aliphatic carbocycles. The summed E-state index contributed by atoms with van der Waals surface area (Å²) in [6.45, 7) is -1.46. The fourth-order valence-electron chi connectivity index (χ4n) is 2.08. The van der Waals surface area contributed by atoms with Crippen LogP contribution >= 0.6 is 0 Å². The van der Waals surface area contributed by atoms with Gasteiger partial charge in [-0.3, -0.25) is 0 Å². The molecule has 0 amide bonds. The molecule has 1 aromatic heterocycles. The predicted octanol–water partition coefficient (Wildman–Crippen LogP) is 2.97. The second kappa shape index (κ2) is 8.97. The Bertz CT molecular complexity index is 797. The summed E-state index contributed by atoms with van der Waals surface area (Å²) in [4.78, 5) is 7.92. The van der Waals surface area contributed by atoms with Crippen molar-refractivity contribution in [3.05, 3.63) is 42.1 Å². The Morgan fingerprint density at radius 1 is 1.22 bits per heavy atom. The molecule has 3 N–H and O–H groups in total. The lowest BCUT2D eigenvalue weighted by atomic mass is 10.2. The van der Waals surface area contributed by atoms with E-state index >= 15 is 0 Å². The highest BCUT2D eigenvalue weighted by Gasteiger charge is 2.29. The van der Waals surface area contributed by atoms with Crippen LogP contribution in [0.4, 0.5) is 18.9 Å². The number of methoxy groups -OCH3 is 2. The number of aromatic nitrogens is 1. The van der Waals surface area contributed by atoms with Gasteiger partial charge in [-0.1, -0.05) is 6.07 Å². The molecule has 1 aromatic carbocycles. The van der Waals surface area contributed by atoms with Gasteiger partial charge in [-0.15, -0.1) is 0 Å². The van der Waals surface area contributed by atoms with E-state index in [9.17, 15) is 13.2 Å². The van der Waals surface area contributed by atoms with Crippen LogP contribution in [-0.4, -0.2) is 37.9 Å². The van der Waals surface area contributed by atoms with Gasteiger partial charge in [0.1, 0.15) is 11.5 Å². The monoisotopic (exact) mass is 384 g/mol. The summed E-state index contributed by atoms with van der Waals surface area (Å²) >= 11 is 0. The van der Waals surface area contributed by atoms with Crippen LogP contribution in [0.3, 0.4) is 0 Å². The van der Waals surface area contributed by atoms with E-state index in [0.29, 0.717) is 22.7 Å². The molecule has 0 unspecified atom stereocenters. The molecule has 146 valence electrons. The average Bonchev–Trinajstić information content (AvgIpc) is 2.64. The molecule has 0 bridgehead atoms. The van der Waals surface area contributed by atoms with Gasteiger partial charge in [-0.25, -0.2) is 9.98 Å². The fraction of sp³-hybridized carbons (Fsp3) is 0.294. The quantitative estimate of drug-likeness (QED) is 0.563. The summed E-state index contributed by atoms with van der Waals surface area (Å²) in [6, 6.07) is 8.21. The predicted molar refractivity (Wildman–Crippen MR) is 94.3 cm³/mol. The van der Waals surface area contributed by atoms with Crippen LogP contribution in [0.25, 0.3) is 0 Å². The molecule has 0 saturated heterocycles. The van der Waals surface area contributed by atoms with Crippen molar-refractivity contribution in [2.45, 2.75) is 12.7 Å². The van der Waals surface area contributed by atoms with E-state index in [0.717, 1.165) is 0 Å². The molecular formula is C17H19F3N4O3. The summed E-state index contributed by atoms with van der Waals surface area (Å²) in [6.07, 6.45) is -3.12. The maximum Gasteiger partial charge on any atom is 0.422 e. The van der Waals surface area contributed by atoms with Crippen molar-refractivity contribution in [2.75, 3.05) is 26.1 Å². The summed E-state index contributed by atoms with van der Waals surface area (Å²) in [7, 11) is 3.02. The van der Waals surface area contributed by atoms with Gasteiger partial charge in [0, 0.05) is 17.8 Å². The van der Waals surface area contributed by atoms with Gasteiger partial charge in [0.15, 0.2) is 12.6 Å². The maximum absolute atomic E-state index is 12.3. The highest BCUT2D eigenvalue weighted by Crippen LogP contribution is 2.28. The molecule has 2 aromatic rings. The average molecular weight is 384 g/mol. The van der Waals surface area contributed by atoms with Gasteiger partial charge in [0.2, 0.25) is 5.88 Å². The number of rotatable bonds is 7. The number of pyridine rings is 1. The van der Waals surface area contributed by atoms with Crippen LogP contribution in [0.5, 0.6) is 17.4 Å². The Balaban J connectivity index is 2.10. The number of nitrogens with two attached hydrogens (primary N) is 1. The third kappa shape index (κ3) is 6.24. The first-order valence-electron chi connectivity index (χ1n) is 7.75. The van der Waals surface area contributed by atoms with E-state index < -0.39 is 12.8 Å². The Labute approximate surface area is 154 Å². The van der Waals surface area contributed by atoms with Gasteiger partial charge >= 0.3 is 6.18 Å². The van der Waals surface area contributed by atoms with Crippen molar-refractivity contribution in [2.24, 2.45) is 10.7 Å². The molecule has 1 heterocycles. The van der Waals surface area contributed by atoms with Crippen LogP contribution in [0.2, 0.25) is 0 Å². The van der Waals surface area contributed by atoms with Crippen molar-refractivity contribution in [1.29, 1.82) is 0 Å². The Kier molecular flexibility index (Phi) is 6.69. The minimum absolute atomic E-state index is 0.0217. The minimum atomic E-state index is -4.46.